The predicted octanol–water partition coefficient (Wildman–Crippen LogP) is 6.30. The van der Waals surface area contributed by atoms with Gasteiger partial charge in [0.2, 0.25) is 0 Å². The van der Waals surface area contributed by atoms with Gasteiger partial charge in [-0.3, -0.25) is 14.4 Å². The number of halogens is 3. The van der Waals surface area contributed by atoms with Gasteiger partial charge >= 0.3 is 0 Å². The van der Waals surface area contributed by atoms with Crippen LogP contribution in [0, 0.1) is 13.8 Å². The highest BCUT2D eigenvalue weighted by molar-refractivity contribution is 6.53. The summed E-state index contributed by atoms with van der Waals surface area (Å²) in [4.78, 5) is 39.7. The fourth-order valence-electron chi connectivity index (χ4n) is 3.46. The molecule has 0 aliphatic carbocycles. The Hall–Kier alpha value is -3.32. The number of hydrogen-bond donors (Lipinski definition) is 2. The molecule has 1 aliphatic rings. The molecular formula is C25H18Cl3N3O3. The van der Waals surface area contributed by atoms with Gasteiger partial charge in [-0.2, -0.15) is 0 Å². The van der Waals surface area contributed by atoms with E-state index in [9.17, 15) is 14.4 Å². The number of benzene rings is 3. The lowest BCUT2D eigenvalue weighted by atomic mass is 10.1. The van der Waals surface area contributed by atoms with Crippen LogP contribution in [0.15, 0.2) is 71.4 Å². The van der Waals surface area contributed by atoms with Crippen molar-refractivity contribution in [3.05, 3.63) is 98.1 Å². The summed E-state index contributed by atoms with van der Waals surface area (Å²) in [6, 6.07) is 16.6. The average molecular weight is 515 g/mol. The largest absolute Gasteiger partial charge is 0.350 e. The second-order valence-corrected chi connectivity index (χ2v) is 8.93. The lowest BCUT2D eigenvalue weighted by Gasteiger charge is -2.18. The minimum atomic E-state index is -0.617. The maximum absolute atomic E-state index is 13.1. The second kappa shape index (κ2) is 9.50. The van der Waals surface area contributed by atoms with E-state index in [0.29, 0.717) is 32.7 Å². The number of nitrogens with zero attached hydrogens (tertiary/aromatic N) is 1. The standard InChI is InChI=1S/C25H18Cl3N3O3/c1-13-6-7-14(2)20(10-13)31-24(33)21(28)22(25(31)34)29-17-5-3-4-15(11-17)23(32)30-19-9-8-16(26)12-18(19)27/h3-12,29H,1-2H3,(H,30,32). The van der Waals surface area contributed by atoms with E-state index in [1.54, 1.807) is 36.4 Å². The normalized spacial score (nSPS) is 13.5. The first-order valence-electron chi connectivity index (χ1n) is 10.1. The van der Waals surface area contributed by atoms with Gasteiger partial charge in [0.05, 0.1) is 16.4 Å². The van der Waals surface area contributed by atoms with Crippen molar-refractivity contribution in [2.45, 2.75) is 13.8 Å². The van der Waals surface area contributed by atoms with E-state index in [4.69, 9.17) is 34.8 Å². The highest BCUT2D eigenvalue weighted by atomic mass is 35.5. The number of hydrogen-bond acceptors (Lipinski definition) is 4. The van der Waals surface area contributed by atoms with Crippen LogP contribution in [-0.4, -0.2) is 17.7 Å². The van der Waals surface area contributed by atoms with E-state index in [2.05, 4.69) is 10.6 Å². The molecule has 6 nitrogen and oxygen atoms in total. The molecule has 34 heavy (non-hydrogen) atoms. The molecule has 1 aliphatic heterocycles. The van der Waals surface area contributed by atoms with Crippen LogP contribution in [0.3, 0.4) is 0 Å². The van der Waals surface area contributed by atoms with Gasteiger partial charge in [0.25, 0.3) is 17.7 Å². The topological polar surface area (TPSA) is 78.5 Å². The summed E-state index contributed by atoms with van der Waals surface area (Å²) in [6.07, 6.45) is 0. The lowest BCUT2D eigenvalue weighted by molar-refractivity contribution is -0.120. The Labute approximate surface area is 211 Å². The summed E-state index contributed by atoms with van der Waals surface area (Å²) in [5, 5.41) is 6.13. The van der Waals surface area contributed by atoms with Gasteiger partial charge in [-0.1, -0.05) is 53.0 Å². The number of anilines is 3. The van der Waals surface area contributed by atoms with Crippen molar-refractivity contribution < 1.29 is 14.4 Å². The number of carbonyl (C=O) groups excluding carboxylic acids is 3. The van der Waals surface area contributed by atoms with E-state index in [-0.39, 0.29) is 10.7 Å². The molecule has 0 radical (unpaired) electrons. The number of aryl methyl sites for hydroxylation is 2. The zero-order valence-corrected chi connectivity index (χ0v) is 20.3. The molecule has 0 aromatic heterocycles. The summed E-state index contributed by atoms with van der Waals surface area (Å²) < 4.78 is 0. The molecule has 2 N–H and O–H groups in total. The van der Waals surface area contributed by atoms with E-state index in [1.165, 1.54) is 12.1 Å². The van der Waals surface area contributed by atoms with Crippen molar-refractivity contribution >= 4 is 69.6 Å². The van der Waals surface area contributed by atoms with Crippen LogP contribution in [0.4, 0.5) is 17.1 Å². The monoisotopic (exact) mass is 513 g/mol. The van der Waals surface area contributed by atoms with Crippen molar-refractivity contribution in [1.82, 2.24) is 0 Å². The van der Waals surface area contributed by atoms with Crippen molar-refractivity contribution in [1.29, 1.82) is 0 Å². The molecule has 0 saturated carbocycles. The molecule has 9 heteroatoms. The van der Waals surface area contributed by atoms with Crippen molar-refractivity contribution in [2.24, 2.45) is 0 Å². The Kier molecular flexibility index (Phi) is 6.66. The van der Waals surface area contributed by atoms with Crippen LogP contribution in [0.5, 0.6) is 0 Å². The third-order valence-corrected chi connectivity index (χ3v) is 6.10. The molecule has 0 atom stereocenters. The number of carbonyl (C=O) groups is 3. The first-order chi connectivity index (χ1) is 16.2. The smallest absolute Gasteiger partial charge is 0.283 e. The molecule has 0 unspecified atom stereocenters. The zero-order chi connectivity index (χ0) is 24.6. The van der Waals surface area contributed by atoms with Gasteiger partial charge in [0.15, 0.2) is 0 Å². The maximum atomic E-state index is 13.1. The molecule has 4 rings (SSSR count). The molecule has 0 spiro atoms. The minimum absolute atomic E-state index is 0.0640. The number of rotatable bonds is 5. The number of imide groups is 1. The van der Waals surface area contributed by atoms with Crippen molar-refractivity contribution in [2.75, 3.05) is 15.5 Å². The van der Waals surface area contributed by atoms with Crippen LogP contribution in [-0.2, 0) is 9.59 Å². The average Bonchev–Trinajstić information content (AvgIpc) is 3.00. The Balaban J connectivity index is 1.56. The van der Waals surface area contributed by atoms with E-state index >= 15 is 0 Å². The Morgan fingerprint density at radius 3 is 2.38 bits per heavy atom. The molecule has 172 valence electrons. The molecule has 0 bridgehead atoms. The Bertz CT molecular complexity index is 1380. The highest BCUT2D eigenvalue weighted by Gasteiger charge is 2.39. The first kappa shape index (κ1) is 23.8. The van der Waals surface area contributed by atoms with Crippen LogP contribution in [0.25, 0.3) is 0 Å². The van der Waals surface area contributed by atoms with E-state index in [0.717, 1.165) is 16.0 Å². The van der Waals surface area contributed by atoms with Gasteiger partial charge in [-0.25, -0.2) is 4.90 Å². The van der Waals surface area contributed by atoms with Crippen molar-refractivity contribution in [3.8, 4) is 0 Å². The van der Waals surface area contributed by atoms with Crippen LogP contribution >= 0.6 is 34.8 Å². The minimum Gasteiger partial charge on any atom is -0.350 e. The molecule has 1 heterocycles. The SMILES string of the molecule is Cc1ccc(C)c(N2C(=O)C(Cl)=C(Nc3cccc(C(=O)Nc4ccc(Cl)cc4Cl)c3)C2=O)c1. The molecule has 3 aromatic carbocycles. The Morgan fingerprint density at radius 2 is 1.65 bits per heavy atom. The zero-order valence-electron chi connectivity index (χ0n) is 18.1. The van der Waals surface area contributed by atoms with E-state index < -0.39 is 17.7 Å². The Morgan fingerprint density at radius 1 is 0.882 bits per heavy atom. The van der Waals surface area contributed by atoms with Crippen molar-refractivity contribution in [3.63, 3.8) is 0 Å². The quantitative estimate of drug-likeness (QED) is 0.392. The fourth-order valence-corrected chi connectivity index (χ4v) is 4.13. The van der Waals surface area contributed by atoms with Crippen LogP contribution in [0.2, 0.25) is 10.0 Å². The highest BCUT2D eigenvalue weighted by Crippen LogP contribution is 2.33. The molecule has 0 saturated heterocycles. The summed E-state index contributed by atoms with van der Waals surface area (Å²) in [6.45, 7) is 3.68. The third-order valence-electron chi connectivity index (χ3n) is 5.21. The van der Waals surface area contributed by atoms with Gasteiger partial charge in [-0.05, 0) is 67.4 Å². The summed E-state index contributed by atoms with van der Waals surface area (Å²) in [5.74, 6) is -1.61. The summed E-state index contributed by atoms with van der Waals surface area (Å²) in [5.41, 5.74) is 3.18. The fraction of sp³-hybridized carbons (Fsp3) is 0.0800. The first-order valence-corrected chi connectivity index (χ1v) is 11.3. The third kappa shape index (κ3) is 4.66. The van der Waals surface area contributed by atoms with E-state index in [1.807, 2.05) is 26.0 Å². The number of nitrogens with one attached hydrogen (secondary N) is 2. The molecule has 0 fully saturated rings. The van der Waals surface area contributed by atoms with Gasteiger partial charge in [0, 0.05) is 16.3 Å². The lowest BCUT2D eigenvalue weighted by Crippen LogP contribution is -2.33. The second-order valence-electron chi connectivity index (χ2n) is 7.71. The predicted molar refractivity (Wildman–Crippen MR) is 136 cm³/mol. The van der Waals surface area contributed by atoms with Gasteiger partial charge in [0.1, 0.15) is 10.7 Å². The summed E-state index contributed by atoms with van der Waals surface area (Å²) >= 11 is 18.3. The van der Waals surface area contributed by atoms with Gasteiger partial charge in [-0.15, -0.1) is 0 Å². The maximum Gasteiger partial charge on any atom is 0.283 e. The molecule has 3 aromatic rings. The molecule has 3 amide bonds. The van der Waals surface area contributed by atoms with Crippen LogP contribution in [0.1, 0.15) is 21.5 Å². The summed E-state index contributed by atoms with van der Waals surface area (Å²) in [7, 11) is 0. The van der Waals surface area contributed by atoms with Crippen LogP contribution < -0.4 is 15.5 Å². The molecular weight excluding hydrogens is 497 g/mol. The van der Waals surface area contributed by atoms with Gasteiger partial charge < -0.3 is 10.6 Å². The number of amides is 3.